The summed E-state index contributed by atoms with van der Waals surface area (Å²) in [5, 5.41) is 0.300. The van der Waals surface area contributed by atoms with Crippen LogP contribution in [-0.2, 0) is 14.9 Å². The smallest absolute Gasteiger partial charge is 0.429 e. The van der Waals surface area contributed by atoms with Crippen molar-refractivity contribution in [1.82, 2.24) is 0 Å². The van der Waals surface area contributed by atoms with E-state index >= 15 is 0 Å². The number of halogens is 3. The first kappa shape index (κ1) is 27.2. The minimum atomic E-state index is -5.30. The third-order valence-corrected chi connectivity index (χ3v) is 6.45. The zero-order valence-electron chi connectivity index (χ0n) is 19.8. The second kappa shape index (κ2) is 9.55. The molecule has 192 valence electrons. The summed E-state index contributed by atoms with van der Waals surface area (Å²) in [4.78, 5) is 25.8. The molecule has 0 saturated carbocycles. The molecule has 0 heterocycles. The molecule has 0 amide bonds. The first-order chi connectivity index (χ1) is 16.5. The Bertz CT molecular complexity index is 1440. The molecular weight excluding hydrogens is 501 g/mol. The van der Waals surface area contributed by atoms with Gasteiger partial charge in [0.1, 0.15) is 11.5 Å². The molecule has 0 bridgehead atoms. The number of carbonyl (C=O) groups excluding carboxylic acids is 2. The average molecular weight is 525 g/mol. The first-order valence-electron chi connectivity index (χ1n) is 10.6. The van der Waals surface area contributed by atoms with Gasteiger partial charge >= 0.3 is 18.1 Å². The highest BCUT2D eigenvalue weighted by atomic mass is 32.2. The lowest BCUT2D eigenvalue weighted by Crippen LogP contribution is -2.51. The summed E-state index contributed by atoms with van der Waals surface area (Å²) >= 11 is 0. The largest absolute Gasteiger partial charge is 0.445 e. The molecule has 3 aromatic rings. The maximum Gasteiger partial charge on any atom is 0.429 e. The molecule has 36 heavy (non-hydrogen) atoms. The van der Waals surface area contributed by atoms with E-state index < -0.39 is 39.6 Å². The van der Waals surface area contributed by atoms with Crippen LogP contribution >= 0.6 is 0 Å². The molecule has 0 aromatic heterocycles. The van der Waals surface area contributed by atoms with E-state index in [1.54, 1.807) is 13.8 Å². The van der Waals surface area contributed by atoms with Crippen LogP contribution in [0.1, 0.15) is 44.3 Å². The Morgan fingerprint density at radius 3 is 1.81 bits per heavy atom. The van der Waals surface area contributed by atoms with Crippen LogP contribution in [0.25, 0.3) is 10.8 Å². The minimum Gasteiger partial charge on any atom is -0.445 e. The number of alkyl halides is 3. The van der Waals surface area contributed by atoms with Gasteiger partial charge in [0.05, 0.1) is 11.1 Å². The van der Waals surface area contributed by atoms with Gasteiger partial charge in [-0.05, 0) is 61.7 Å². The minimum absolute atomic E-state index is 0.0537. The standard InChI is InChI=1S/C25H23F3O7S/c1-14-11-15(2)21(16(3)12-14)34-22(29)19-9-5-8-18-17(19)7-6-10-20(18)23(30)35-24(4,25(26,27)28)13-36(31,32)33/h5-12H,13H2,1-4H3,(H,31,32,33). The van der Waals surface area contributed by atoms with E-state index in [4.69, 9.17) is 9.29 Å². The van der Waals surface area contributed by atoms with Crippen molar-refractivity contribution in [2.45, 2.75) is 39.5 Å². The van der Waals surface area contributed by atoms with Crippen molar-refractivity contribution in [2.24, 2.45) is 0 Å². The van der Waals surface area contributed by atoms with E-state index in [2.05, 4.69) is 4.74 Å². The van der Waals surface area contributed by atoms with E-state index in [0.29, 0.717) is 12.7 Å². The molecule has 7 nitrogen and oxygen atoms in total. The fourth-order valence-corrected chi connectivity index (χ4v) is 4.84. The van der Waals surface area contributed by atoms with Crippen molar-refractivity contribution in [3.63, 3.8) is 0 Å². The molecule has 0 aliphatic rings. The molecular formula is C25H23F3O7S. The van der Waals surface area contributed by atoms with Crippen LogP contribution in [-0.4, -0.2) is 42.4 Å². The van der Waals surface area contributed by atoms with Crippen molar-refractivity contribution in [3.8, 4) is 5.75 Å². The van der Waals surface area contributed by atoms with Gasteiger partial charge in [0.15, 0.2) is 0 Å². The lowest BCUT2D eigenvalue weighted by atomic mass is 9.99. The van der Waals surface area contributed by atoms with Gasteiger partial charge in [0.25, 0.3) is 10.1 Å². The van der Waals surface area contributed by atoms with Gasteiger partial charge in [-0.2, -0.15) is 21.6 Å². The van der Waals surface area contributed by atoms with Crippen LogP contribution < -0.4 is 4.74 Å². The molecule has 0 fully saturated rings. The van der Waals surface area contributed by atoms with Gasteiger partial charge in [0.2, 0.25) is 5.60 Å². The topological polar surface area (TPSA) is 107 Å². The van der Waals surface area contributed by atoms with E-state index in [1.807, 2.05) is 19.1 Å². The lowest BCUT2D eigenvalue weighted by Gasteiger charge is -2.30. The van der Waals surface area contributed by atoms with Crippen molar-refractivity contribution < 1.29 is 45.2 Å². The van der Waals surface area contributed by atoms with Gasteiger partial charge in [-0.15, -0.1) is 0 Å². The summed E-state index contributed by atoms with van der Waals surface area (Å²) in [7, 11) is -5.15. The number of hydrogen-bond acceptors (Lipinski definition) is 6. The number of benzene rings is 3. The quantitative estimate of drug-likeness (QED) is 0.263. The summed E-state index contributed by atoms with van der Waals surface area (Å²) in [6, 6.07) is 12.0. The van der Waals surface area contributed by atoms with Gasteiger partial charge in [-0.25, -0.2) is 9.59 Å². The second-order valence-electron chi connectivity index (χ2n) is 8.67. The van der Waals surface area contributed by atoms with Crippen LogP contribution in [0.15, 0.2) is 48.5 Å². The maximum absolute atomic E-state index is 13.6. The Hall–Kier alpha value is -3.44. The third-order valence-electron chi connectivity index (χ3n) is 5.54. The van der Waals surface area contributed by atoms with Crippen molar-refractivity contribution in [2.75, 3.05) is 5.75 Å². The van der Waals surface area contributed by atoms with Gasteiger partial charge in [-0.1, -0.05) is 42.0 Å². The van der Waals surface area contributed by atoms with Gasteiger partial charge in [-0.3, -0.25) is 4.55 Å². The van der Waals surface area contributed by atoms with Crippen molar-refractivity contribution in [3.05, 3.63) is 76.3 Å². The van der Waals surface area contributed by atoms with Crippen LogP contribution in [0.2, 0.25) is 0 Å². The number of carbonyl (C=O) groups is 2. The highest BCUT2D eigenvalue weighted by Crippen LogP contribution is 2.36. The Labute approximate surface area is 205 Å². The molecule has 0 radical (unpaired) electrons. The van der Waals surface area contributed by atoms with Crippen LogP contribution in [0.5, 0.6) is 5.75 Å². The molecule has 1 atom stereocenters. The fourth-order valence-electron chi connectivity index (χ4n) is 3.92. The Morgan fingerprint density at radius 2 is 1.36 bits per heavy atom. The number of aryl methyl sites for hydroxylation is 3. The number of rotatable bonds is 6. The molecule has 3 rings (SSSR count). The maximum atomic E-state index is 13.6. The van der Waals surface area contributed by atoms with E-state index in [0.717, 1.165) is 16.7 Å². The number of esters is 2. The average Bonchev–Trinajstić information content (AvgIpc) is 2.73. The fraction of sp³-hybridized carbons (Fsp3) is 0.280. The zero-order valence-corrected chi connectivity index (χ0v) is 20.6. The molecule has 3 aromatic carbocycles. The first-order valence-corrected chi connectivity index (χ1v) is 12.2. The number of hydrogen-bond donors (Lipinski definition) is 1. The molecule has 1 N–H and O–H groups in total. The number of ether oxygens (including phenoxy) is 2. The third kappa shape index (κ3) is 5.68. The molecule has 0 saturated heterocycles. The Kier molecular flexibility index (Phi) is 7.20. The van der Waals surface area contributed by atoms with Crippen LogP contribution in [0, 0.1) is 20.8 Å². The second-order valence-corrected chi connectivity index (χ2v) is 10.1. The molecule has 0 aliphatic heterocycles. The Morgan fingerprint density at radius 1 is 0.889 bits per heavy atom. The predicted octanol–water partition coefficient (Wildman–Crippen LogP) is 5.35. The molecule has 11 heteroatoms. The lowest BCUT2D eigenvalue weighted by molar-refractivity contribution is -0.243. The zero-order chi connectivity index (χ0) is 27.1. The van der Waals surface area contributed by atoms with Crippen LogP contribution in [0.3, 0.4) is 0 Å². The summed E-state index contributed by atoms with van der Waals surface area (Å²) in [5.41, 5.74) is -1.35. The normalized spacial score (nSPS) is 13.8. The van der Waals surface area contributed by atoms with Crippen LogP contribution in [0.4, 0.5) is 13.2 Å². The summed E-state index contributed by atoms with van der Waals surface area (Å²) in [6.45, 7) is 5.81. The predicted molar refractivity (Wildman–Crippen MR) is 126 cm³/mol. The van der Waals surface area contributed by atoms with Gasteiger partial charge < -0.3 is 9.47 Å². The van der Waals surface area contributed by atoms with Crippen molar-refractivity contribution in [1.29, 1.82) is 0 Å². The summed E-state index contributed by atoms with van der Waals surface area (Å²) < 4.78 is 82.3. The monoisotopic (exact) mass is 524 g/mol. The summed E-state index contributed by atoms with van der Waals surface area (Å²) in [6.07, 6.45) is -5.30. The van der Waals surface area contributed by atoms with Gasteiger partial charge in [0, 0.05) is 0 Å². The Balaban J connectivity index is 2.02. The highest BCUT2D eigenvalue weighted by Gasteiger charge is 2.57. The van der Waals surface area contributed by atoms with Crippen molar-refractivity contribution >= 4 is 32.8 Å². The highest BCUT2D eigenvalue weighted by molar-refractivity contribution is 7.85. The summed E-state index contributed by atoms with van der Waals surface area (Å²) in [5.74, 6) is -3.75. The molecule has 0 aliphatic carbocycles. The van der Waals surface area contributed by atoms with E-state index in [-0.39, 0.29) is 21.9 Å². The van der Waals surface area contributed by atoms with E-state index in [9.17, 15) is 31.2 Å². The SMILES string of the molecule is Cc1cc(C)c(OC(=O)c2cccc3c(C(=O)OC(C)(CS(=O)(=O)O)C(F)(F)F)cccc23)c(C)c1. The number of fused-ring (bicyclic) bond motifs is 1. The molecule has 0 spiro atoms. The van der Waals surface area contributed by atoms with E-state index in [1.165, 1.54) is 36.4 Å². The molecule has 1 unspecified atom stereocenters.